The molecule has 0 aromatic carbocycles. The molecule has 1 amide bonds. The summed E-state index contributed by atoms with van der Waals surface area (Å²) >= 11 is 0. The number of pyridine rings is 1. The number of rotatable bonds is 0. The first-order valence-corrected chi connectivity index (χ1v) is 5.49. The van der Waals surface area contributed by atoms with Crippen LogP contribution >= 0.6 is 0 Å². The number of hydrogen-bond acceptors (Lipinski definition) is 3. The van der Waals surface area contributed by atoms with E-state index in [1.807, 2.05) is 24.1 Å². The number of carbonyl (C=O) groups excluding carboxylic acids is 1. The third-order valence-corrected chi connectivity index (χ3v) is 3.22. The summed E-state index contributed by atoms with van der Waals surface area (Å²) in [7, 11) is 1.98. The van der Waals surface area contributed by atoms with Gasteiger partial charge in [-0.1, -0.05) is 0 Å². The number of allylic oxidation sites excluding steroid dienone is 1. The molecule has 0 atom stereocenters. The molecular formula is C12H13N3O. The molecule has 0 radical (unpaired) electrons. The lowest BCUT2D eigenvalue weighted by atomic mass is 10.2. The van der Waals surface area contributed by atoms with Crippen LogP contribution in [-0.4, -0.2) is 17.9 Å². The average Bonchev–Trinajstić information content (AvgIpc) is 2.74. The lowest BCUT2D eigenvalue weighted by Gasteiger charge is -2.20. The Morgan fingerprint density at radius 2 is 2.31 bits per heavy atom. The fourth-order valence-electron chi connectivity index (χ4n) is 2.43. The molecule has 0 fully saturated rings. The summed E-state index contributed by atoms with van der Waals surface area (Å²) in [5.74, 6) is 0.869. The molecular weight excluding hydrogens is 202 g/mol. The van der Waals surface area contributed by atoms with E-state index in [9.17, 15) is 4.79 Å². The van der Waals surface area contributed by atoms with Gasteiger partial charge in [0.2, 0.25) is 0 Å². The maximum atomic E-state index is 12.0. The van der Waals surface area contributed by atoms with Crippen molar-refractivity contribution >= 4 is 17.4 Å². The summed E-state index contributed by atoms with van der Waals surface area (Å²) in [6.45, 7) is 0. The fourth-order valence-corrected chi connectivity index (χ4v) is 2.43. The van der Waals surface area contributed by atoms with Gasteiger partial charge in [-0.05, 0) is 31.4 Å². The molecule has 0 saturated heterocycles. The van der Waals surface area contributed by atoms with Crippen molar-refractivity contribution in [3.8, 4) is 0 Å². The lowest BCUT2D eigenvalue weighted by molar-refractivity contribution is -0.112. The molecule has 2 heterocycles. The molecule has 0 saturated carbocycles. The van der Waals surface area contributed by atoms with Gasteiger partial charge < -0.3 is 10.2 Å². The van der Waals surface area contributed by atoms with Gasteiger partial charge in [-0.2, -0.15) is 0 Å². The van der Waals surface area contributed by atoms with Crippen LogP contribution in [-0.2, 0) is 4.79 Å². The molecule has 1 aromatic heterocycles. The van der Waals surface area contributed by atoms with Gasteiger partial charge in [-0.25, -0.2) is 4.98 Å². The van der Waals surface area contributed by atoms with E-state index in [1.54, 1.807) is 6.20 Å². The van der Waals surface area contributed by atoms with E-state index >= 15 is 0 Å². The van der Waals surface area contributed by atoms with Crippen LogP contribution in [0.1, 0.15) is 19.3 Å². The van der Waals surface area contributed by atoms with Crippen LogP contribution < -0.4 is 10.2 Å². The Morgan fingerprint density at radius 1 is 1.44 bits per heavy atom. The van der Waals surface area contributed by atoms with Crippen LogP contribution in [0, 0.1) is 0 Å². The Labute approximate surface area is 94.0 Å². The molecule has 4 heteroatoms. The average molecular weight is 215 g/mol. The van der Waals surface area contributed by atoms with Gasteiger partial charge in [0.05, 0.1) is 5.69 Å². The summed E-state index contributed by atoms with van der Waals surface area (Å²) in [6, 6.07) is 3.72. The molecule has 16 heavy (non-hydrogen) atoms. The quantitative estimate of drug-likeness (QED) is 0.719. The fraction of sp³-hybridized carbons (Fsp3) is 0.333. The molecule has 1 aromatic rings. The standard InChI is InChI=1S/C12H13N3O/c1-15-10-6-2-4-8(10)12(16)14-9-5-3-7-13-11(9)15/h3,5,7H,2,4,6H2,1H3,(H,14,16). The van der Waals surface area contributed by atoms with Crippen molar-refractivity contribution in [1.29, 1.82) is 0 Å². The predicted molar refractivity (Wildman–Crippen MR) is 62.1 cm³/mol. The van der Waals surface area contributed by atoms with Gasteiger partial charge in [0.15, 0.2) is 5.82 Å². The smallest absolute Gasteiger partial charge is 0.253 e. The summed E-state index contributed by atoms with van der Waals surface area (Å²) in [5, 5.41) is 2.92. The third-order valence-electron chi connectivity index (χ3n) is 3.22. The van der Waals surface area contributed by atoms with Crippen molar-refractivity contribution in [3.63, 3.8) is 0 Å². The van der Waals surface area contributed by atoms with Crippen molar-refractivity contribution in [3.05, 3.63) is 29.6 Å². The Hall–Kier alpha value is -1.84. The van der Waals surface area contributed by atoms with Crippen molar-refractivity contribution in [2.45, 2.75) is 19.3 Å². The second-order valence-corrected chi connectivity index (χ2v) is 4.17. The molecule has 1 aliphatic carbocycles. The van der Waals surface area contributed by atoms with Crippen LogP contribution in [0.5, 0.6) is 0 Å². The second kappa shape index (κ2) is 3.33. The Kier molecular flexibility index (Phi) is 1.96. The van der Waals surface area contributed by atoms with Crippen molar-refractivity contribution in [2.24, 2.45) is 0 Å². The second-order valence-electron chi connectivity index (χ2n) is 4.17. The van der Waals surface area contributed by atoms with E-state index in [2.05, 4.69) is 10.3 Å². The van der Waals surface area contributed by atoms with E-state index in [-0.39, 0.29) is 5.91 Å². The summed E-state index contributed by atoms with van der Waals surface area (Å²) in [5.41, 5.74) is 2.83. The number of amides is 1. The Bertz CT molecular complexity index is 493. The largest absolute Gasteiger partial charge is 0.331 e. The number of nitrogens with zero attached hydrogens (tertiary/aromatic N) is 2. The van der Waals surface area contributed by atoms with E-state index in [0.717, 1.165) is 42.0 Å². The first kappa shape index (κ1) is 9.39. The van der Waals surface area contributed by atoms with Crippen LogP contribution in [0.2, 0.25) is 0 Å². The summed E-state index contributed by atoms with van der Waals surface area (Å²) < 4.78 is 0. The molecule has 1 aliphatic heterocycles. The Morgan fingerprint density at radius 3 is 3.19 bits per heavy atom. The van der Waals surface area contributed by atoms with Gasteiger partial charge in [-0.3, -0.25) is 4.79 Å². The highest BCUT2D eigenvalue weighted by atomic mass is 16.1. The van der Waals surface area contributed by atoms with Gasteiger partial charge in [0.25, 0.3) is 5.91 Å². The van der Waals surface area contributed by atoms with Crippen molar-refractivity contribution in [1.82, 2.24) is 4.98 Å². The zero-order valence-corrected chi connectivity index (χ0v) is 9.16. The normalized spacial score (nSPS) is 19.1. The molecule has 2 aliphatic rings. The van der Waals surface area contributed by atoms with Crippen molar-refractivity contribution in [2.75, 3.05) is 17.3 Å². The SMILES string of the molecule is CN1C2=C(CCC2)C(=O)Nc2cccnc21. The number of nitrogens with one attached hydrogen (secondary N) is 1. The maximum absolute atomic E-state index is 12.0. The lowest BCUT2D eigenvalue weighted by Crippen LogP contribution is -2.17. The van der Waals surface area contributed by atoms with Crippen molar-refractivity contribution < 1.29 is 4.79 Å². The van der Waals surface area contributed by atoms with E-state index in [4.69, 9.17) is 0 Å². The highest BCUT2D eigenvalue weighted by molar-refractivity contribution is 6.07. The minimum absolute atomic E-state index is 0.0334. The molecule has 0 spiro atoms. The minimum atomic E-state index is 0.0334. The monoisotopic (exact) mass is 215 g/mol. The first-order valence-electron chi connectivity index (χ1n) is 5.49. The highest BCUT2D eigenvalue weighted by Gasteiger charge is 2.29. The summed E-state index contributed by atoms with van der Waals surface area (Å²) in [6.07, 6.45) is 4.65. The topological polar surface area (TPSA) is 45.2 Å². The Balaban J connectivity index is 2.16. The van der Waals surface area contributed by atoms with E-state index < -0.39 is 0 Å². The zero-order chi connectivity index (χ0) is 11.1. The van der Waals surface area contributed by atoms with Crippen LogP contribution in [0.4, 0.5) is 11.5 Å². The number of fused-ring (bicyclic) bond motifs is 1. The summed E-state index contributed by atoms with van der Waals surface area (Å²) in [4.78, 5) is 18.4. The molecule has 0 unspecified atom stereocenters. The van der Waals surface area contributed by atoms with Gasteiger partial charge in [-0.15, -0.1) is 0 Å². The molecule has 3 rings (SSSR count). The number of carbonyl (C=O) groups is 1. The zero-order valence-electron chi connectivity index (χ0n) is 9.16. The van der Waals surface area contributed by atoms with Crippen LogP contribution in [0.25, 0.3) is 0 Å². The van der Waals surface area contributed by atoms with Crippen LogP contribution in [0.3, 0.4) is 0 Å². The van der Waals surface area contributed by atoms with Gasteiger partial charge in [0.1, 0.15) is 0 Å². The highest BCUT2D eigenvalue weighted by Crippen LogP contribution is 2.36. The first-order chi connectivity index (χ1) is 7.77. The number of hydrogen-bond donors (Lipinski definition) is 1. The van der Waals surface area contributed by atoms with Gasteiger partial charge in [0, 0.05) is 24.5 Å². The van der Waals surface area contributed by atoms with Crippen LogP contribution in [0.15, 0.2) is 29.6 Å². The minimum Gasteiger partial charge on any atom is -0.331 e. The third kappa shape index (κ3) is 1.23. The molecule has 4 nitrogen and oxygen atoms in total. The molecule has 0 bridgehead atoms. The predicted octanol–water partition coefficient (Wildman–Crippen LogP) is 1.91. The number of anilines is 2. The number of aromatic nitrogens is 1. The van der Waals surface area contributed by atoms with E-state index in [0.29, 0.717) is 0 Å². The molecule has 1 N–H and O–H groups in total. The van der Waals surface area contributed by atoms with E-state index in [1.165, 1.54) is 0 Å². The van der Waals surface area contributed by atoms with Gasteiger partial charge >= 0.3 is 0 Å². The maximum Gasteiger partial charge on any atom is 0.253 e. The molecule has 82 valence electrons.